The van der Waals surface area contributed by atoms with E-state index in [2.05, 4.69) is 20.3 Å². The van der Waals surface area contributed by atoms with E-state index in [1.807, 2.05) is 0 Å². The summed E-state index contributed by atoms with van der Waals surface area (Å²) in [5.41, 5.74) is -0.309. The summed E-state index contributed by atoms with van der Waals surface area (Å²) in [5.74, 6) is -0.146. The zero-order valence-electron chi connectivity index (χ0n) is 7.95. The molecule has 0 saturated carbocycles. The highest BCUT2D eigenvalue weighted by Gasteiger charge is 2.08. The predicted octanol–water partition coefficient (Wildman–Crippen LogP) is 1.00. The number of nitrogens with one attached hydrogen (secondary N) is 3. The first-order valence-electron chi connectivity index (χ1n) is 4.36. The SMILES string of the molecule is O=C(Nc1cc(Cl)ccn1)c1c[nH]c(=O)[nH]1. The molecule has 7 heteroatoms. The Morgan fingerprint density at radius 1 is 1.50 bits per heavy atom. The van der Waals surface area contributed by atoms with Crippen molar-refractivity contribution in [3.63, 3.8) is 0 Å². The summed E-state index contributed by atoms with van der Waals surface area (Å²) >= 11 is 5.72. The van der Waals surface area contributed by atoms with E-state index in [0.29, 0.717) is 10.8 Å². The molecule has 0 aromatic carbocycles. The lowest BCUT2D eigenvalue weighted by Crippen LogP contribution is -2.14. The topological polar surface area (TPSA) is 90.6 Å². The molecule has 1 amide bonds. The number of carbonyl (C=O) groups is 1. The average molecular weight is 239 g/mol. The van der Waals surface area contributed by atoms with Gasteiger partial charge in [-0.05, 0) is 12.1 Å². The number of halogens is 1. The Morgan fingerprint density at radius 2 is 2.31 bits per heavy atom. The van der Waals surface area contributed by atoms with Crippen LogP contribution in [0.2, 0.25) is 5.02 Å². The van der Waals surface area contributed by atoms with Gasteiger partial charge in [0.15, 0.2) is 0 Å². The van der Waals surface area contributed by atoms with E-state index in [-0.39, 0.29) is 5.69 Å². The van der Waals surface area contributed by atoms with Gasteiger partial charge in [0.25, 0.3) is 5.91 Å². The van der Waals surface area contributed by atoms with Crippen LogP contribution in [-0.4, -0.2) is 20.9 Å². The Hall–Kier alpha value is -2.08. The molecular formula is C9H7ClN4O2. The minimum atomic E-state index is -0.465. The highest BCUT2D eigenvalue weighted by Crippen LogP contribution is 2.12. The number of nitrogens with zero attached hydrogens (tertiary/aromatic N) is 1. The highest BCUT2D eigenvalue weighted by atomic mass is 35.5. The van der Waals surface area contributed by atoms with Crippen LogP contribution in [0, 0.1) is 0 Å². The van der Waals surface area contributed by atoms with Crippen molar-refractivity contribution in [2.24, 2.45) is 0 Å². The number of amides is 1. The molecular weight excluding hydrogens is 232 g/mol. The molecule has 0 spiro atoms. The average Bonchev–Trinajstić information content (AvgIpc) is 2.65. The first-order chi connectivity index (χ1) is 7.65. The predicted molar refractivity (Wildman–Crippen MR) is 58.6 cm³/mol. The second kappa shape index (κ2) is 4.19. The molecule has 0 bridgehead atoms. The third kappa shape index (κ3) is 2.29. The fourth-order valence-electron chi connectivity index (χ4n) is 1.11. The molecule has 16 heavy (non-hydrogen) atoms. The molecule has 0 aliphatic heterocycles. The van der Waals surface area contributed by atoms with Gasteiger partial charge in [0, 0.05) is 17.4 Å². The van der Waals surface area contributed by atoms with Gasteiger partial charge >= 0.3 is 5.69 Å². The van der Waals surface area contributed by atoms with Crippen molar-refractivity contribution in [1.82, 2.24) is 15.0 Å². The number of aromatic amines is 2. The highest BCUT2D eigenvalue weighted by molar-refractivity contribution is 6.30. The van der Waals surface area contributed by atoms with Gasteiger partial charge in [-0.3, -0.25) is 4.79 Å². The molecule has 0 aliphatic carbocycles. The van der Waals surface area contributed by atoms with Crippen molar-refractivity contribution in [2.45, 2.75) is 0 Å². The Labute approximate surface area is 94.7 Å². The van der Waals surface area contributed by atoms with E-state index in [1.165, 1.54) is 18.5 Å². The third-order valence-electron chi connectivity index (χ3n) is 1.80. The number of hydrogen-bond donors (Lipinski definition) is 3. The van der Waals surface area contributed by atoms with Gasteiger partial charge in [-0.15, -0.1) is 0 Å². The largest absolute Gasteiger partial charge is 0.323 e. The van der Waals surface area contributed by atoms with E-state index >= 15 is 0 Å². The minimum Gasteiger partial charge on any atom is -0.312 e. The van der Waals surface area contributed by atoms with Crippen LogP contribution in [0.15, 0.2) is 29.3 Å². The summed E-state index contributed by atoms with van der Waals surface area (Å²) in [6, 6.07) is 3.10. The minimum absolute atomic E-state index is 0.131. The molecule has 0 saturated heterocycles. The molecule has 0 aliphatic rings. The van der Waals surface area contributed by atoms with Gasteiger partial charge in [-0.25, -0.2) is 9.78 Å². The maximum atomic E-state index is 11.6. The number of H-pyrrole nitrogens is 2. The molecule has 82 valence electrons. The molecule has 2 rings (SSSR count). The Balaban J connectivity index is 2.16. The van der Waals surface area contributed by atoms with Gasteiger partial charge < -0.3 is 15.3 Å². The second-order valence-electron chi connectivity index (χ2n) is 2.97. The summed E-state index contributed by atoms with van der Waals surface area (Å²) in [4.78, 5) is 30.9. The normalized spacial score (nSPS) is 10.1. The van der Waals surface area contributed by atoms with Crippen LogP contribution in [0.4, 0.5) is 5.82 Å². The van der Waals surface area contributed by atoms with Crippen LogP contribution < -0.4 is 11.0 Å². The lowest BCUT2D eigenvalue weighted by atomic mass is 10.4. The monoisotopic (exact) mass is 238 g/mol. The van der Waals surface area contributed by atoms with Gasteiger partial charge in [0.1, 0.15) is 11.5 Å². The molecule has 3 N–H and O–H groups in total. The fraction of sp³-hybridized carbons (Fsp3) is 0. The number of imidazole rings is 1. The summed E-state index contributed by atoms with van der Waals surface area (Å²) in [5, 5.41) is 2.95. The van der Waals surface area contributed by atoms with E-state index in [1.54, 1.807) is 6.07 Å². The maximum absolute atomic E-state index is 11.6. The van der Waals surface area contributed by atoms with Crippen molar-refractivity contribution in [3.8, 4) is 0 Å². The zero-order chi connectivity index (χ0) is 11.5. The molecule has 0 unspecified atom stereocenters. The smallest absolute Gasteiger partial charge is 0.312 e. The molecule has 2 aromatic rings. The molecule has 6 nitrogen and oxygen atoms in total. The molecule has 0 atom stereocenters. The Morgan fingerprint density at radius 3 is 2.94 bits per heavy atom. The van der Waals surface area contributed by atoms with Crippen LogP contribution in [0.5, 0.6) is 0 Å². The van der Waals surface area contributed by atoms with E-state index in [0.717, 1.165) is 0 Å². The van der Waals surface area contributed by atoms with Crippen molar-refractivity contribution >= 4 is 23.3 Å². The van der Waals surface area contributed by atoms with Crippen LogP contribution in [0.1, 0.15) is 10.5 Å². The third-order valence-corrected chi connectivity index (χ3v) is 2.04. The Kier molecular flexibility index (Phi) is 2.74. The van der Waals surface area contributed by atoms with Crippen LogP contribution >= 0.6 is 11.6 Å². The summed E-state index contributed by atoms with van der Waals surface area (Å²) in [6.45, 7) is 0. The Bertz CT molecular complexity index is 575. The van der Waals surface area contributed by atoms with Crippen molar-refractivity contribution in [1.29, 1.82) is 0 Å². The standard InChI is InChI=1S/C9H7ClN4O2/c10-5-1-2-11-7(3-5)14-8(15)6-4-12-9(16)13-6/h1-4H,(H,11,14,15)(H2,12,13,16). The van der Waals surface area contributed by atoms with Crippen LogP contribution in [0.3, 0.4) is 0 Å². The van der Waals surface area contributed by atoms with E-state index < -0.39 is 11.6 Å². The number of anilines is 1. The van der Waals surface area contributed by atoms with Crippen molar-refractivity contribution < 1.29 is 4.79 Å². The first-order valence-corrected chi connectivity index (χ1v) is 4.73. The zero-order valence-corrected chi connectivity index (χ0v) is 8.71. The summed E-state index contributed by atoms with van der Waals surface area (Å²) in [7, 11) is 0. The van der Waals surface area contributed by atoms with Crippen LogP contribution in [-0.2, 0) is 0 Å². The van der Waals surface area contributed by atoms with Gasteiger partial charge in [-0.2, -0.15) is 0 Å². The number of pyridine rings is 1. The number of hydrogen-bond acceptors (Lipinski definition) is 3. The van der Waals surface area contributed by atoms with E-state index in [9.17, 15) is 9.59 Å². The number of aromatic nitrogens is 3. The molecule has 2 heterocycles. The molecule has 2 aromatic heterocycles. The lowest BCUT2D eigenvalue weighted by molar-refractivity contribution is 0.102. The van der Waals surface area contributed by atoms with Crippen molar-refractivity contribution in [3.05, 3.63) is 45.7 Å². The second-order valence-corrected chi connectivity index (χ2v) is 3.41. The van der Waals surface area contributed by atoms with Gasteiger partial charge in [0.05, 0.1) is 0 Å². The summed E-state index contributed by atoms with van der Waals surface area (Å²) in [6.07, 6.45) is 2.75. The van der Waals surface area contributed by atoms with Crippen LogP contribution in [0.25, 0.3) is 0 Å². The number of rotatable bonds is 2. The lowest BCUT2D eigenvalue weighted by Gasteiger charge is -2.01. The number of carbonyl (C=O) groups excluding carboxylic acids is 1. The first kappa shape index (κ1) is 10.4. The molecule has 0 fully saturated rings. The van der Waals surface area contributed by atoms with Crippen molar-refractivity contribution in [2.75, 3.05) is 5.32 Å². The van der Waals surface area contributed by atoms with E-state index in [4.69, 9.17) is 11.6 Å². The summed E-state index contributed by atoms with van der Waals surface area (Å²) < 4.78 is 0. The van der Waals surface area contributed by atoms with Gasteiger partial charge in [0.2, 0.25) is 0 Å². The van der Waals surface area contributed by atoms with Gasteiger partial charge in [-0.1, -0.05) is 11.6 Å². The fourth-order valence-corrected chi connectivity index (χ4v) is 1.27. The maximum Gasteiger partial charge on any atom is 0.323 e. The quantitative estimate of drug-likeness (QED) is 0.729. The molecule has 0 radical (unpaired) electrons.